The number of hydrogen-bond donors (Lipinski definition) is 3. The first kappa shape index (κ1) is 44.3. The number of carbonyl (C=O) groups is 4. The van der Waals surface area contributed by atoms with Crippen LogP contribution in [-0.2, 0) is 14.3 Å². The van der Waals surface area contributed by atoms with Crippen molar-refractivity contribution in [1.82, 2.24) is 20.9 Å². The Morgan fingerprint density at radius 2 is 1.68 bits per heavy atom. The average Bonchev–Trinajstić information content (AvgIpc) is 3.23. The predicted octanol–water partition coefficient (Wildman–Crippen LogP) is 5.38. The Morgan fingerprint density at radius 1 is 0.984 bits per heavy atom. The highest BCUT2D eigenvalue weighted by molar-refractivity contribution is 6.03. The normalized spacial score (nSPS) is 25.1. The summed E-state index contributed by atoms with van der Waals surface area (Å²) < 4.78 is 39.2. The van der Waals surface area contributed by atoms with Gasteiger partial charge >= 0.3 is 0 Å². The summed E-state index contributed by atoms with van der Waals surface area (Å²) in [7, 11) is 1.52. The number of hydrogen-bond acceptors (Lipinski definition) is 11. The van der Waals surface area contributed by atoms with Gasteiger partial charge in [0.05, 0.1) is 30.9 Å². The van der Waals surface area contributed by atoms with Crippen molar-refractivity contribution in [3.05, 3.63) is 83.2 Å². The number of nitrogens with zero attached hydrogens (tertiary/aromatic N) is 3. The Kier molecular flexibility index (Phi) is 12.8. The van der Waals surface area contributed by atoms with E-state index in [4.69, 9.17) is 18.9 Å². The first-order valence-corrected chi connectivity index (χ1v) is 21.4. The average molecular weight is 853 g/mol. The summed E-state index contributed by atoms with van der Waals surface area (Å²) in [5, 5.41) is 17.3. The number of rotatable bonds is 14. The summed E-state index contributed by atoms with van der Waals surface area (Å²) in [6, 6.07) is 18.6. The molecule has 2 saturated carbocycles. The quantitative estimate of drug-likeness (QED) is 0.178. The predicted molar refractivity (Wildman–Crippen MR) is 229 cm³/mol. The summed E-state index contributed by atoms with van der Waals surface area (Å²) in [5.74, 6) is -1.24. The number of methoxy groups -OCH3 is 1. The number of piperidine rings is 1. The van der Waals surface area contributed by atoms with E-state index >= 15 is 4.39 Å². The lowest BCUT2D eigenvalue weighted by Crippen LogP contribution is -2.74. The minimum Gasteiger partial charge on any atom is -0.495 e. The van der Waals surface area contributed by atoms with Crippen molar-refractivity contribution in [3.8, 4) is 23.3 Å². The third-order valence-corrected chi connectivity index (χ3v) is 12.9. The van der Waals surface area contributed by atoms with Gasteiger partial charge in [0.1, 0.15) is 47.4 Å². The van der Waals surface area contributed by atoms with Gasteiger partial charge < -0.3 is 34.5 Å². The molecule has 3 aromatic rings. The SMILES string of the molecule is COc1cc(O[C@H]2C(C)(C)[C@H](NC(=O)c3ccc(N4CCO[C@H](CN(C(C)C)[C@H]5C[C@@H](Oc6ccc(C(=O)N[C@H]7CCC(=O)NC7=O)c(F)c6)C5)C4)cc3)C2(C)C)ccc1C#N. The maximum absolute atomic E-state index is 15.0. The van der Waals surface area contributed by atoms with Crippen molar-refractivity contribution in [3.63, 3.8) is 0 Å². The van der Waals surface area contributed by atoms with Crippen molar-refractivity contribution in [2.24, 2.45) is 10.8 Å². The summed E-state index contributed by atoms with van der Waals surface area (Å²) in [4.78, 5) is 54.5. The van der Waals surface area contributed by atoms with Crippen molar-refractivity contribution in [2.45, 2.75) is 110 Å². The van der Waals surface area contributed by atoms with E-state index in [1.165, 1.54) is 19.2 Å². The van der Waals surface area contributed by atoms with Crippen LogP contribution in [0.3, 0.4) is 0 Å². The molecule has 0 radical (unpaired) electrons. The molecule has 4 fully saturated rings. The maximum atomic E-state index is 15.0. The lowest BCUT2D eigenvalue weighted by Gasteiger charge is -2.63. The van der Waals surface area contributed by atoms with Gasteiger partial charge in [-0.1, -0.05) is 27.7 Å². The van der Waals surface area contributed by atoms with Crippen LogP contribution in [0.1, 0.15) is 93.5 Å². The molecule has 15 heteroatoms. The molecule has 3 N–H and O–H groups in total. The van der Waals surface area contributed by atoms with Gasteiger partial charge in [-0.15, -0.1) is 0 Å². The fourth-order valence-corrected chi connectivity index (χ4v) is 9.81. The van der Waals surface area contributed by atoms with Crippen LogP contribution in [0, 0.1) is 28.0 Å². The van der Waals surface area contributed by atoms with E-state index in [2.05, 4.69) is 73.4 Å². The van der Waals surface area contributed by atoms with Crippen molar-refractivity contribution >= 4 is 29.3 Å². The van der Waals surface area contributed by atoms with Crippen molar-refractivity contribution in [1.29, 1.82) is 5.26 Å². The monoisotopic (exact) mass is 852 g/mol. The highest BCUT2D eigenvalue weighted by Crippen LogP contribution is 2.55. The van der Waals surface area contributed by atoms with Crippen LogP contribution in [0.4, 0.5) is 10.1 Å². The number of morpholine rings is 1. The number of ether oxygens (including phenoxy) is 4. The number of halogens is 1. The van der Waals surface area contributed by atoms with Crippen molar-refractivity contribution < 1.29 is 42.5 Å². The molecule has 0 unspecified atom stereocenters. The molecule has 7 rings (SSSR count). The molecule has 4 aliphatic rings. The van der Waals surface area contributed by atoms with Gasteiger partial charge in [0.2, 0.25) is 11.8 Å². The zero-order chi connectivity index (χ0) is 44.5. The first-order chi connectivity index (χ1) is 29.5. The minimum absolute atomic E-state index is 0.0364. The topological polar surface area (TPSA) is 172 Å². The van der Waals surface area contributed by atoms with Crippen LogP contribution < -0.4 is 35.1 Å². The van der Waals surface area contributed by atoms with Crippen LogP contribution in [0.15, 0.2) is 60.7 Å². The zero-order valence-corrected chi connectivity index (χ0v) is 36.5. The molecule has 2 aliphatic carbocycles. The van der Waals surface area contributed by atoms with Crippen LogP contribution in [0.25, 0.3) is 0 Å². The van der Waals surface area contributed by atoms with E-state index < -0.39 is 29.6 Å². The molecule has 0 aromatic heterocycles. The Labute approximate surface area is 362 Å². The maximum Gasteiger partial charge on any atom is 0.254 e. The van der Waals surface area contributed by atoms with E-state index in [0.29, 0.717) is 41.5 Å². The second-order valence-electron chi connectivity index (χ2n) is 18.3. The van der Waals surface area contributed by atoms with Gasteiger partial charge in [0, 0.05) is 91.2 Å². The summed E-state index contributed by atoms with van der Waals surface area (Å²) in [5.41, 5.74) is 1.07. The molecular formula is C47H57FN6O8. The summed E-state index contributed by atoms with van der Waals surface area (Å²) in [6.45, 7) is 15.4. The van der Waals surface area contributed by atoms with E-state index in [-0.39, 0.29) is 71.6 Å². The third kappa shape index (κ3) is 9.22. The van der Waals surface area contributed by atoms with Crippen LogP contribution in [-0.4, -0.2) is 104 Å². The standard InChI is InChI=1S/C47H57FN6O8/c1-27(2)54(31-20-34(21-31)61-32-14-15-36(37(48)22-32)42(57)50-38-16-17-40(55)51-43(38)58)26-35-25-53(18-19-60-35)30-11-8-28(9-12-30)41(56)52-44-46(3,4)45(47(44,5)6)62-33-13-10-29(24-49)39(23-33)59-7/h8-15,22-23,27,31,34-35,38,44-45H,16-21,25-26H2,1-7H3,(H,50,57)(H,52,56)(H,51,55,58)/t31-,34+,35-,38-,44-,45-/m0/s1. The van der Waals surface area contributed by atoms with E-state index in [0.717, 1.165) is 31.6 Å². The summed E-state index contributed by atoms with van der Waals surface area (Å²) in [6.07, 6.45) is 1.43. The number of anilines is 1. The molecule has 2 heterocycles. The second-order valence-corrected chi connectivity index (χ2v) is 18.3. The number of nitrogens with one attached hydrogen (secondary N) is 3. The Balaban J connectivity index is 0.885. The molecule has 2 aliphatic heterocycles. The lowest BCUT2D eigenvalue weighted by atomic mass is 9.49. The number of nitriles is 1. The molecule has 62 heavy (non-hydrogen) atoms. The number of benzene rings is 3. The van der Waals surface area contributed by atoms with Crippen LogP contribution >= 0.6 is 0 Å². The minimum atomic E-state index is -0.898. The molecule has 0 spiro atoms. The largest absolute Gasteiger partial charge is 0.495 e. The number of amides is 4. The van der Waals surface area contributed by atoms with Gasteiger partial charge in [0.15, 0.2) is 0 Å². The van der Waals surface area contributed by atoms with Crippen LogP contribution in [0.2, 0.25) is 0 Å². The molecular weight excluding hydrogens is 796 g/mol. The summed E-state index contributed by atoms with van der Waals surface area (Å²) >= 11 is 0. The highest BCUT2D eigenvalue weighted by atomic mass is 19.1. The van der Waals surface area contributed by atoms with Crippen LogP contribution in [0.5, 0.6) is 17.2 Å². The highest BCUT2D eigenvalue weighted by Gasteiger charge is 2.64. The van der Waals surface area contributed by atoms with Gasteiger partial charge in [-0.3, -0.25) is 29.4 Å². The fraction of sp³-hybridized carbons (Fsp3) is 0.511. The second kappa shape index (κ2) is 17.9. The molecule has 330 valence electrons. The third-order valence-electron chi connectivity index (χ3n) is 12.9. The smallest absolute Gasteiger partial charge is 0.254 e. The Bertz CT molecular complexity index is 2200. The number of carbonyl (C=O) groups excluding carboxylic acids is 4. The van der Waals surface area contributed by atoms with Gasteiger partial charge in [-0.25, -0.2) is 4.39 Å². The Hall–Kier alpha value is -5.72. The molecule has 2 saturated heterocycles. The van der Waals surface area contributed by atoms with Crippen molar-refractivity contribution in [2.75, 3.05) is 38.3 Å². The van der Waals surface area contributed by atoms with Gasteiger partial charge in [-0.05, 0) is 68.8 Å². The molecule has 14 nitrogen and oxygen atoms in total. The lowest BCUT2D eigenvalue weighted by molar-refractivity contribution is -0.164. The Morgan fingerprint density at radius 3 is 2.32 bits per heavy atom. The molecule has 2 atom stereocenters. The fourth-order valence-electron chi connectivity index (χ4n) is 9.81. The van der Waals surface area contributed by atoms with Gasteiger partial charge in [0.25, 0.3) is 11.8 Å². The molecule has 3 aromatic carbocycles. The molecule has 4 amide bonds. The van der Waals surface area contributed by atoms with E-state index in [9.17, 15) is 24.4 Å². The number of imide groups is 1. The van der Waals surface area contributed by atoms with Gasteiger partial charge in [-0.2, -0.15) is 5.26 Å². The van der Waals surface area contributed by atoms with E-state index in [1.807, 2.05) is 24.3 Å². The molecule has 0 bridgehead atoms. The zero-order valence-electron chi connectivity index (χ0n) is 36.5. The first-order valence-electron chi connectivity index (χ1n) is 21.4. The van der Waals surface area contributed by atoms with E-state index in [1.54, 1.807) is 24.3 Å².